The molecular weight excluding hydrogens is 260 g/mol. The molecule has 20 heavy (non-hydrogen) atoms. The summed E-state index contributed by atoms with van der Waals surface area (Å²) in [5.74, 6) is -0.458. The Kier molecular flexibility index (Phi) is 4.52. The zero-order valence-electron chi connectivity index (χ0n) is 12.2. The maximum absolute atomic E-state index is 12.1. The summed E-state index contributed by atoms with van der Waals surface area (Å²) in [6, 6.07) is -0.156. The molecule has 6 heteroatoms. The number of methoxy groups -OCH3 is 1. The second-order valence-corrected chi connectivity index (χ2v) is 6.19. The number of hydrogen-bond acceptors (Lipinski definition) is 3. The third kappa shape index (κ3) is 3.06. The lowest BCUT2D eigenvalue weighted by Crippen LogP contribution is -2.43. The van der Waals surface area contributed by atoms with Crippen LogP contribution < -0.4 is 5.32 Å². The van der Waals surface area contributed by atoms with E-state index in [9.17, 15) is 9.59 Å². The van der Waals surface area contributed by atoms with Gasteiger partial charge in [-0.15, -0.1) is 0 Å². The molecule has 3 unspecified atom stereocenters. The van der Waals surface area contributed by atoms with E-state index in [-0.39, 0.29) is 18.7 Å². The number of carbonyl (C=O) groups is 2. The number of rotatable bonds is 4. The van der Waals surface area contributed by atoms with E-state index in [0.717, 1.165) is 19.3 Å². The molecule has 2 fully saturated rings. The first-order chi connectivity index (χ1) is 9.46. The fraction of sp³-hybridized carbons (Fsp3) is 0.857. The van der Waals surface area contributed by atoms with E-state index in [1.807, 2.05) is 0 Å². The minimum atomic E-state index is -0.831. The van der Waals surface area contributed by atoms with Crippen LogP contribution in [0.25, 0.3) is 0 Å². The Balaban J connectivity index is 1.80. The number of nitrogens with zero attached hydrogens (tertiary/aromatic N) is 1. The normalized spacial score (nSPS) is 33.4. The molecule has 0 aromatic heterocycles. The smallest absolute Gasteiger partial charge is 0.317 e. The number of hydrogen-bond donors (Lipinski definition) is 2. The van der Waals surface area contributed by atoms with Crippen molar-refractivity contribution in [3.05, 3.63) is 0 Å². The molecule has 2 N–H and O–H groups in total. The van der Waals surface area contributed by atoms with Crippen molar-refractivity contribution < 1.29 is 19.4 Å². The van der Waals surface area contributed by atoms with Crippen LogP contribution in [0, 0.1) is 11.3 Å². The molecular formula is C14H24N2O4. The Labute approximate surface area is 119 Å². The van der Waals surface area contributed by atoms with Gasteiger partial charge in [0.25, 0.3) is 0 Å². The van der Waals surface area contributed by atoms with Crippen LogP contribution in [0.3, 0.4) is 0 Å². The van der Waals surface area contributed by atoms with Gasteiger partial charge in [-0.1, -0.05) is 6.42 Å². The van der Waals surface area contributed by atoms with E-state index in [1.54, 1.807) is 18.9 Å². The summed E-state index contributed by atoms with van der Waals surface area (Å²) in [5, 5.41) is 12.1. The van der Waals surface area contributed by atoms with E-state index in [0.29, 0.717) is 25.4 Å². The van der Waals surface area contributed by atoms with Crippen LogP contribution in [-0.4, -0.2) is 54.9 Å². The number of carbonyl (C=O) groups excluding carboxylic acids is 1. The van der Waals surface area contributed by atoms with Crippen molar-refractivity contribution in [3.8, 4) is 0 Å². The van der Waals surface area contributed by atoms with Gasteiger partial charge in [-0.3, -0.25) is 4.79 Å². The highest BCUT2D eigenvalue weighted by atomic mass is 16.5. The number of urea groups is 1. The predicted octanol–water partition coefficient (Wildman–Crippen LogP) is 1.31. The minimum Gasteiger partial charge on any atom is -0.481 e. The van der Waals surface area contributed by atoms with E-state index < -0.39 is 11.4 Å². The zero-order chi connectivity index (χ0) is 14.8. The summed E-state index contributed by atoms with van der Waals surface area (Å²) in [6.07, 6.45) is 4.02. The third-order valence-corrected chi connectivity index (χ3v) is 4.68. The van der Waals surface area contributed by atoms with E-state index >= 15 is 0 Å². The summed E-state index contributed by atoms with van der Waals surface area (Å²) in [7, 11) is 1.71. The average Bonchev–Trinajstić information content (AvgIpc) is 3.03. The highest BCUT2D eigenvalue weighted by Crippen LogP contribution is 2.30. The third-order valence-electron chi connectivity index (χ3n) is 4.68. The van der Waals surface area contributed by atoms with E-state index in [2.05, 4.69) is 5.32 Å². The lowest BCUT2D eigenvalue weighted by atomic mass is 9.90. The second kappa shape index (κ2) is 5.99. The molecule has 1 heterocycles. The van der Waals surface area contributed by atoms with Crippen LogP contribution in [0.4, 0.5) is 4.79 Å². The zero-order valence-corrected chi connectivity index (χ0v) is 12.2. The van der Waals surface area contributed by atoms with Gasteiger partial charge in [0.05, 0.1) is 11.5 Å². The van der Waals surface area contributed by atoms with Crippen LogP contribution in [0.2, 0.25) is 0 Å². The van der Waals surface area contributed by atoms with Crippen molar-refractivity contribution in [1.29, 1.82) is 0 Å². The Morgan fingerprint density at radius 3 is 2.80 bits per heavy atom. The van der Waals surface area contributed by atoms with Crippen LogP contribution >= 0.6 is 0 Å². The number of carboxylic acid groups (broad SMARTS) is 1. The Morgan fingerprint density at radius 1 is 1.45 bits per heavy atom. The second-order valence-electron chi connectivity index (χ2n) is 6.19. The first kappa shape index (κ1) is 15.1. The molecule has 0 radical (unpaired) electrons. The van der Waals surface area contributed by atoms with Gasteiger partial charge < -0.3 is 20.1 Å². The topological polar surface area (TPSA) is 78.9 Å². The van der Waals surface area contributed by atoms with Crippen LogP contribution in [-0.2, 0) is 9.53 Å². The van der Waals surface area contributed by atoms with Crippen molar-refractivity contribution in [1.82, 2.24) is 10.2 Å². The van der Waals surface area contributed by atoms with Gasteiger partial charge in [0.2, 0.25) is 0 Å². The molecule has 2 aliphatic rings. The molecule has 3 atom stereocenters. The van der Waals surface area contributed by atoms with E-state index in [1.165, 1.54) is 0 Å². The molecule has 1 saturated carbocycles. The Morgan fingerprint density at radius 2 is 2.20 bits per heavy atom. The molecule has 1 aliphatic carbocycles. The standard InChI is InChI=1S/C14H24N2O4/c1-14(12(17)18)6-7-16(9-14)13(19)15-8-10-4-3-5-11(10)20-2/h10-11H,3-9H2,1-2H3,(H,15,19)(H,17,18). The van der Waals surface area contributed by atoms with Crippen molar-refractivity contribution in [2.45, 2.75) is 38.7 Å². The molecule has 114 valence electrons. The highest BCUT2D eigenvalue weighted by molar-refractivity contribution is 5.79. The molecule has 2 rings (SSSR count). The average molecular weight is 284 g/mol. The fourth-order valence-electron chi connectivity index (χ4n) is 3.19. The maximum atomic E-state index is 12.1. The Bertz CT molecular complexity index is 387. The molecule has 2 amide bonds. The van der Waals surface area contributed by atoms with Gasteiger partial charge in [-0.05, 0) is 26.2 Å². The van der Waals surface area contributed by atoms with Gasteiger partial charge in [0.15, 0.2) is 0 Å². The van der Waals surface area contributed by atoms with E-state index in [4.69, 9.17) is 9.84 Å². The quantitative estimate of drug-likeness (QED) is 0.816. The lowest BCUT2D eigenvalue weighted by Gasteiger charge is -2.23. The molecule has 0 spiro atoms. The summed E-state index contributed by atoms with van der Waals surface area (Å²) in [4.78, 5) is 24.9. The van der Waals surface area contributed by atoms with Crippen molar-refractivity contribution in [3.63, 3.8) is 0 Å². The lowest BCUT2D eigenvalue weighted by molar-refractivity contribution is -0.146. The van der Waals surface area contributed by atoms with Crippen molar-refractivity contribution >= 4 is 12.0 Å². The maximum Gasteiger partial charge on any atom is 0.317 e. The van der Waals surface area contributed by atoms with Gasteiger partial charge in [0, 0.05) is 32.7 Å². The summed E-state index contributed by atoms with van der Waals surface area (Å²) in [5.41, 5.74) is -0.806. The first-order valence-corrected chi connectivity index (χ1v) is 7.25. The molecule has 1 aliphatic heterocycles. The highest BCUT2D eigenvalue weighted by Gasteiger charge is 2.42. The monoisotopic (exact) mass is 284 g/mol. The first-order valence-electron chi connectivity index (χ1n) is 7.25. The van der Waals surface area contributed by atoms with Gasteiger partial charge >= 0.3 is 12.0 Å². The van der Waals surface area contributed by atoms with Gasteiger partial charge in [0.1, 0.15) is 0 Å². The number of likely N-dealkylation sites (tertiary alicyclic amines) is 1. The van der Waals surface area contributed by atoms with Gasteiger partial charge in [-0.25, -0.2) is 4.79 Å². The number of amides is 2. The molecule has 0 aromatic rings. The summed E-state index contributed by atoms with van der Waals surface area (Å²) < 4.78 is 5.40. The van der Waals surface area contributed by atoms with Crippen molar-refractivity contribution in [2.75, 3.05) is 26.7 Å². The SMILES string of the molecule is COC1CCCC1CNC(=O)N1CCC(C)(C(=O)O)C1. The number of carboxylic acids is 1. The van der Waals surface area contributed by atoms with Crippen molar-refractivity contribution in [2.24, 2.45) is 11.3 Å². The van der Waals surface area contributed by atoms with Crippen LogP contribution in [0.5, 0.6) is 0 Å². The molecule has 0 bridgehead atoms. The molecule has 6 nitrogen and oxygen atoms in total. The Hall–Kier alpha value is -1.30. The summed E-state index contributed by atoms with van der Waals surface area (Å²) >= 11 is 0. The number of ether oxygens (including phenoxy) is 1. The number of aliphatic carboxylic acids is 1. The summed E-state index contributed by atoms with van der Waals surface area (Å²) in [6.45, 7) is 3.09. The largest absolute Gasteiger partial charge is 0.481 e. The van der Waals surface area contributed by atoms with Crippen LogP contribution in [0.1, 0.15) is 32.6 Å². The van der Waals surface area contributed by atoms with Gasteiger partial charge in [-0.2, -0.15) is 0 Å². The molecule has 0 aromatic carbocycles. The fourth-order valence-corrected chi connectivity index (χ4v) is 3.19. The minimum absolute atomic E-state index is 0.156. The molecule has 1 saturated heterocycles. The predicted molar refractivity (Wildman–Crippen MR) is 73.5 cm³/mol. The number of nitrogens with one attached hydrogen (secondary N) is 1. The van der Waals surface area contributed by atoms with Crippen LogP contribution in [0.15, 0.2) is 0 Å².